The van der Waals surface area contributed by atoms with Crippen LogP contribution in [0.4, 0.5) is 8.78 Å². The van der Waals surface area contributed by atoms with Crippen molar-refractivity contribution in [1.29, 1.82) is 0 Å². The average molecular weight is 396 g/mol. The summed E-state index contributed by atoms with van der Waals surface area (Å²) in [5.41, 5.74) is 3.32. The van der Waals surface area contributed by atoms with Crippen LogP contribution in [0.15, 0.2) is 46.4 Å². The molecule has 0 N–H and O–H groups in total. The summed E-state index contributed by atoms with van der Waals surface area (Å²) in [6, 6.07) is 10.1. The third kappa shape index (κ3) is 2.88. The Morgan fingerprint density at radius 3 is 2.33 bits per heavy atom. The Kier molecular flexibility index (Phi) is 4.10. The highest BCUT2D eigenvalue weighted by Gasteiger charge is 2.15. The molecule has 2 aromatic rings. The molecule has 0 fully saturated rings. The summed E-state index contributed by atoms with van der Waals surface area (Å²) in [6.45, 7) is 1.00. The highest BCUT2D eigenvalue weighted by atomic mass is 127. The molecule has 0 amide bonds. The molecule has 2 aliphatic heterocycles. The van der Waals surface area contributed by atoms with Gasteiger partial charge in [0, 0.05) is 28.5 Å². The molecular formula is C16H11F2IN2. The minimum atomic E-state index is -0.144. The summed E-state index contributed by atoms with van der Waals surface area (Å²) in [6.07, 6.45) is 1.71. The maximum absolute atomic E-state index is 13.0. The predicted octanol–water partition coefficient (Wildman–Crippen LogP) is 4.28. The van der Waals surface area contributed by atoms with Crippen molar-refractivity contribution in [2.75, 3.05) is 0 Å². The molecule has 0 saturated heterocycles. The number of halogens is 3. The fraction of sp³-hybridized carbons (Fsp3) is 0.125. The van der Waals surface area contributed by atoms with E-state index in [1.807, 2.05) is 12.1 Å². The Bertz CT molecular complexity index is 754. The first-order chi connectivity index (χ1) is 10.2. The monoisotopic (exact) mass is 396 g/mol. The summed E-state index contributed by atoms with van der Waals surface area (Å²) in [5.74, 6) is -0.284. The summed E-state index contributed by atoms with van der Waals surface area (Å²) >= 11 is 2.12. The first-order valence-electron chi connectivity index (χ1n) is 6.42. The third-order valence-corrected chi connectivity index (χ3v) is 4.27. The summed E-state index contributed by atoms with van der Waals surface area (Å²) < 4.78 is 26.7. The van der Waals surface area contributed by atoms with Crippen molar-refractivity contribution < 1.29 is 8.78 Å². The Morgan fingerprint density at radius 2 is 1.62 bits per heavy atom. The van der Waals surface area contributed by atoms with E-state index in [9.17, 15) is 8.78 Å². The molecule has 0 aliphatic carbocycles. The number of benzene rings is 2. The van der Waals surface area contributed by atoms with Crippen LogP contribution < -0.4 is 0 Å². The molecule has 2 aliphatic rings. The molecule has 106 valence electrons. The normalized spacial score (nSPS) is 14.1. The van der Waals surface area contributed by atoms with Crippen LogP contribution in [0.25, 0.3) is 0 Å². The minimum Gasteiger partial charge on any atom is -0.288 e. The van der Waals surface area contributed by atoms with Gasteiger partial charge < -0.3 is 0 Å². The fourth-order valence-corrected chi connectivity index (χ4v) is 2.92. The van der Waals surface area contributed by atoms with E-state index >= 15 is 0 Å². The predicted molar refractivity (Wildman–Crippen MR) is 88.4 cm³/mol. The second kappa shape index (κ2) is 6.01. The van der Waals surface area contributed by atoms with Gasteiger partial charge in [-0.1, -0.05) is 24.3 Å². The second-order valence-corrected chi connectivity index (χ2v) is 5.67. The van der Waals surface area contributed by atoms with Gasteiger partial charge in [-0.2, -0.15) is 0 Å². The lowest BCUT2D eigenvalue weighted by Gasteiger charge is -1.97. The Morgan fingerprint density at radius 1 is 0.905 bits per heavy atom. The van der Waals surface area contributed by atoms with E-state index in [0.29, 0.717) is 13.1 Å². The van der Waals surface area contributed by atoms with Gasteiger partial charge >= 0.3 is 0 Å². The van der Waals surface area contributed by atoms with Gasteiger partial charge in [0.25, 0.3) is 0 Å². The highest BCUT2D eigenvalue weighted by Crippen LogP contribution is 2.24. The quantitative estimate of drug-likeness (QED) is 0.594. The summed E-state index contributed by atoms with van der Waals surface area (Å²) in [7, 11) is 0. The summed E-state index contributed by atoms with van der Waals surface area (Å²) in [5, 5.41) is 0. The van der Waals surface area contributed by atoms with Crippen LogP contribution in [0, 0.1) is 11.6 Å². The Hall–Kier alpha value is -1.63. The van der Waals surface area contributed by atoms with Gasteiger partial charge in [0.05, 0.1) is 13.1 Å². The van der Waals surface area contributed by atoms with Crippen LogP contribution in [0.3, 0.4) is 0 Å². The van der Waals surface area contributed by atoms with Crippen molar-refractivity contribution >= 4 is 32.5 Å². The number of rotatable bonds is 0. The smallest absolute Gasteiger partial charge is 0.128 e. The molecule has 2 nitrogen and oxygen atoms in total. The number of hydrogen-bond donors (Lipinski definition) is 0. The van der Waals surface area contributed by atoms with Gasteiger partial charge in [-0.25, -0.2) is 8.78 Å². The van der Waals surface area contributed by atoms with E-state index < -0.39 is 0 Å². The lowest BCUT2D eigenvalue weighted by molar-refractivity contribution is 0.612. The van der Waals surface area contributed by atoms with E-state index in [2.05, 4.69) is 32.6 Å². The fourth-order valence-electron chi connectivity index (χ4n) is 2.24. The van der Waals surface area contributed by atoms with Gasteiger partial charge in [-0.05, 0) is 34.7 Å². The SMILES string of the molecule is Fc1cccc2c1CN=C2.Fc1cccc2c1CN=C2I. The standard InChI is InChI=1S/C8H5FIN.C8H6FN/c9-7-3-1-2-5-6(7)4-11-8(5)10;9-8-3-1-2-6-4-10-5-7(6)8/h1-3H,4H2;1-4H,5H2. The van der Waals surface area contributed by atoms with Gasteiger partial charge in [0.2, 0.25) is 0 Å². The lowest BCUT2D eigenvalue weighted by Crippen LogP contribution is -1.91. The van der Waals surface area contributed by atoms with Crippen molar-refractivity contribution in [3.05, 3.63) is 70.3 Å². The van der Waals surface area contributed by atoms with Gasteiger partial charge in [-0.15, -0.1) is 0 Å². The molecule has 0 saturated carbocycles. The Labute approximate surface area is 134 Å². The van der Waals surface area contributed by atoms with Crippen LogP contribution in [0.2, 0.25) is 0 Å². The van der Waals surface area contributed by atoms with E-state index in [-0.39, 0.29) is 11.6 Å². The second-order valence-electron chi connectivity index (χ2n) is 4.65. The number of fused-ring (bicyclic) bond motifs is 2. The van der Waals surface area contributed by atoms with E-state index in [1.54, 1.807) is 18.3 Å². The summed E-state index contributed by atoms with van der Waals surface area (Å²) in [4.78, 5) is 8.08. The zero-order chi connectivity index (χ0) is 14.8. The van der Waals surface area contributed by atoms with Crippen molar-refractivity contribution in [2.24, 2.45) is 9.98 Å². The molecule has 21 heavy (non-hydrogen) atoms. The van der Waals surface area contributed by atoms with Crippen LogP contribution in [0.1, 0.15) is 22.3 Å². The molecule has 0 unspecified atom stereocenters. The third-order valence-electron chi connectivity index (χ3n) is 3.35. The average Bonchev–Trinajstić information content (AvgIpc) is 3.09. The van der Waals surface area contributed by atoms with Crippen LogP contribution in [-0.2, 0) is 13.1 Å². The maximum Gasteiger partial charge on any atom is 0.128 e. The molecule has 0 aromatic heterocycles. The van der Waals surface area contributed by atoms with E-state index in [0.717, 1.165) is 26.0 Å². The van der Waals surface area contributed by atoms with Gasteiger partial charge in [0.15, 0.2) is 0 Å². The van der Waals surface area contributed by atoms with Crippen LogP contribution in [0.5, 0.6) is 0 Å². The zero-order valence-corrected chi connectivity index (χ0v) is 13.1. The largest absolute Gasteiger partial charge is 0.288 e. The molecule has 2 aromatic carbocycles. The highest BCUT2D eigenvalue weighted by molar-refractivity contribution is 14.1. The molecular weight excluding hydrogens is 385 g/mol. The van der Waals surface area contributed by atoms with Crippen molar-refractivity contribution in [1.82, 2.24) is 0 Å². The molecule has 0 radical (unpaired) electrons. The van der Waals surface area contributed by atoms with E-state index in [4.69, 9.17) is 0 Å². The molecule has 0 bridgehead atoms. The van der Waals surface area contributed by atoms with Crippen molar-refractivity contribution in [2.45, 2.75) is 13.1 Å². The van der Waals surface area contributed by atoms with Crippen molar-refractivity contribution in [3.8, 4) is 0 Å². The number of hydrogen-bond acceptors (Lipinski definition) is 2. The van der Waals surface area contributed by atoms with Crippen LogP contribution in [-0.4, -0.2) is 9.93 Å². The topological polar surface area (TPSA) is 24.7 Å². The minimum absolute atomic E-state index is 0.141. The number of nitrogens with zero attached hydrogens (tertiary/aromatic N) is 2. The first kappa shape index (κ1) is 14.3. The zero-order valence-electron chi connectivity index (χ0n) is 11.0. The molecule has 0 spiro atoms. The first-order valence-corrected chi connectivity index (χ1v) is 7.49. The van der Waals surface area contributed by atoms with Gasteiger partial charge in [-0.3, -0.25) is 9.98 Å². The molecule has 4 rings (SSSR count). The van der Waals surface area contributed by atoms with Crippen molar-refractivity contribution in [3.63, 3.8) is 0 Å². The number of aliphatic imine (C=N–C) groups is 2. The van der Waals surface area contributed by atoms with Gasteiger partial charge in [0.1, 0.15) is 15.4 Å². The molecule has 5 heteroatoms. The Balaban J connectivity index is 0.000000126. The van der Waals surface area contributed by atoms with E-state index in [1.165, 1.54) is 12.1 Å². The molecule has 0 atom stereocenters. The lowest BCUT2D eigenvalue weighted by atomic mass is 10.1. The van der Waals surface area contributed by atoms with Crippen LogP contribution >= 0.6 is 22.6 Å². The maximum atomic E-state index is 13.0. The molecule has 2 heterocycles.